The van der Waals surface area contributed by atoms with Crippen molar-refractivity contribution in [2.24, 2.45) is 0 Å². The van der Waals surface area contributed by atoms with Gasteiger partial charge in [-0.2, -0.15) is 0 Å². The highest BCUT2D eigenvalue weighted by Gasteiger charge is 2.28. The maximum atomic E-state index is 12.9. The van der Waals surface area contributed by atoms with E-state index in [2.05, 4.69) is 6.07 Å². The normalized spacial score (nSPS) is 16.9. The van der Waals surface area contributed by atoms with E-state index in [9.17, 15) is 4.79 Å². The number of hydrogen-bond donors (Lipinski definition) is 0. The molecule has 0 aliphatic carbocycles. The molecular weight excluding hydrogens is 334 g/mol. The summed E-state index contributed by atoms with van der Waals surface area (Å²) in [6.45, 7) is 4.09. The molecule has 0 radical (unpaired) electrons. The topological polar surface area (TPSA) is 38.8 Å². The number of amides is 1. The zero-order valence-electron chi connectivity index (χ0n) is 14.2. The minimum Gasteiger partial charge on any atom is -0.490 e. The highest BCUT2D eigenvalue weighted by molar-refractivity contribution is 8.00. The Kier molecular flexibility index (Phi) is 4.57. The first-order valence-corrected chi connectivity index (χ1v) is 9.56. The lowest BCUT2D eigenvalue weighted by Gasteiger charge is -2.21. The van der Waals surface area contributed by atoms with E-state index < -0.39 is 0 Å². The largest absolute Gasteiger partial charge is 0.490 e. The van der Waals surface area contributed by atoms with Gasteiger partial charge in [-0.15, -0.1) is 11.8 Å². The van der Waals surface area contributed by atoms with E-state index in [0.29, 0.717) is 13.2 Å². The molecular formula is C20H21NO3S. The first-order valence-electron chi connectivity index (χ1n) is 8.68. The quantitative estimate of drug-likeness (QED) is 0.783. The van der Waals surface area contributed by atoms with Gasteiger partial charge in [0.2, 0.25) is 5.91 Å². The molecule has 0 spiro atoms. The fraction of sp³-hybridized carbons (Fsp3) is 0.350. The molecule has 130 valence electrons. The Labute approximate surface area is 152 Å². The standard InChI is InChI=1S/C20H21NO3S/c1-14(20(22)21-10-9-15-5-2-3-6-17(15)21)25-16-7-8-18-19(13-16)24-12-4-11-23-18/h2-3,5-8,13-14H,4,9-12H2,1H3. The van der Waals surface area contributed by atoms with E-state index in [-0.39, 0.29) is 11.2 Å². The van der Waals surface area contributed by atoms with Crippen molar-refractivity contribution >= 4 is 23.4 Å². The van der Waals surface area contributed by atoms with E-state index in [1.54, 1.807) is 11.8 Å². The zero-order valence-corrected chi connectivity index (χ0v) is 15.1. The van der Waals surface area contributed by atoms with Gasteiger partial charge in [0.25, 0.3) is 0 Å². The Morgan fingerprint density at radius 1 is 1.12 bits per heavy atom. The predicted molar refractivity (Wildman–Crippen MR) is 99.9 cm³/mol. The Morgan fingerprint density at radius 3 is 2.80 bits per heavy atom. The third kappa shape index (κ3) is 3.33. The molecule has 4 rings (SSSR count). The molecule has 2 aromatic rings. The monoisotopic (exact) mass is 355 g/mol. The number of anilines is 1. The number of rotatable bonds is 3. The number of para-hydroxylation sites is 1. The van der Waals surface area contributed by atoms with Crippen LogP contribution < -0.4 is 14.4 Å². The summed E-state index contributed by atoms with van der Waals surface area (Å²) in [5, 5.41) is -0.157. The van der Waals surface area contributed by atoms with Gasteiger partial charge < -0.3 is 14.4 Å². The van der Waals surface area contributed by atoms with Gasteiger partial charge in [-0.25, -0.2) is 0 Å². The molecule has 1 amide bonds. The smallest absolute Gasteiger partial charge is 0.240 e. The second kappa shape index (κ2) is 7.00. The van der Waals surface area contributed by atoms with Gasteiger partial charge in [-0.1, -0.05) is 18.2 Å². The summed E-state index contributed by atoms with van der Waals surface area (Å²) in [5.74, 6) is 1.71. The molecule has 5 heteroatoms. The number of carbonyl (C=O) groups excluding carboxylic acids is 1. The average Bonchev–Trinajstić information content (AvgIpc) is 2.92. The van der Waals surface area contributed by atoms with Crippen molar-refractivity contribution < 1.29 is 14.3 Å². The summed E-state index contributed by atoms with van der Waals surface area (Å²) >= 11 is 1.57. The molecule has 1 unspecified atom stereocenters. The van der Waals surface area contributed by atoms with E-state index in [4.69, 9.17) is 9.47 Å². The van der Waals surface area contributed by atoms with Gasteiger partial charge in [-0.3, -0.25) is 4.79 Å². The first-order chi connectivity index (χ1) is 12.2. The van der Waals surface area contributed by atoms with E-state index in [0.717, 1.165) is 41.5 Å². The van der Waals surface area contributed by atoms with Crippen molar-refractivity contribution in [2.75, 3.05) is 24.7 Å². The van der Waals surface area contributed by atoms with Gasteiger partial charge in [0, 0.05) is 23.5 Å². The number of ether oxygens (including phenoxy) is 2. The van der Waals surface area contributed by atoms with Crippen LogP contribution >= 0.6 is 11.8 Å². The fourth-order valence-electron chi connectivity index (χ4n) is 3.26. The molecule has 0 bridgehead atoms. The predicted octanol–water partition coefficient (Wildman–Crippen LogP) is 3.92. The number of fused-ring (bicyclic) bond motifs is 2. The molecule has 2 heterocycles. The fourth-order valence-corrected chi connectivity index (χ4v) is 4.22. The van der Waals surface area contributed by atoms with Crippen LogP contribution in [0.5, 0.6) is 11.5 Å². The molecule has 0 N–H and O–H groups in total. The molecule has 2 aliphatic heterocycles. The molecule has 0 saturated heterocycles. The number of hydrogen-bond acceptors (Lipinski definition) is 4. The van der Waals surface area contributed by atoms with Gasteiger partial charge >= 0.3 is 0 Å². The number of carbonyl (C=O) groups is 1. The van der Waals surface area contributed by atoms with Crippen LogP contribution in [0.4, 0.5) is 5.69 Å². The SMILES string of the molecule is CC(Sc1ccc2c(c1)OCCCO2)C(=O)N1CCc2ccccc21. The minimum atomic E-state index is -0.157. The molecule has 0 saturated carbocycles. The summed E-state index contributed by atoms with van der Waals surface area (Å²) in [5.41, 5.74) is 2.31. The molecule has 1 atom stereocenters. The number of nitrogens with zero attached hydrogens (tertiary/aromatic N) is 1. The van der Waals surface area contributed by atoms with Crippen LogP contribution in [-0.4, -0.2) is 30.9 Å². The van der Waals surface area contributed by atoms with Gasteiger partial charge in [-0.05, 0) is 43.2 Å². The Bertz CT molecular complexity index is 792. The van der Waals surface area contributed by atoms with Gasteiger partial charge in [0.15, 0.2) is 11.5 Å². The summed E-state index contributed by atoms with van der Waals surface area (Å²) in [4.78, 5) is 15.8. The second-order valence-corrected chi connectivity index (χ2v) is 7.70. The Balaban J connectivity index is 1.48. The average molecular weight is 355 g/mol. The zero-order chi connectivity index (χ0) is 17.2. The van der Waals surface area contributed by atoms with Crippen LogP contribution in [0.3, 0.4) is 0 Å². The molecule has 25 heavy (non-hydrogen) atoms. The molecule has 2 aliphatic rings. The number of thioether (sulfide) groups is 1. The Hall–Kier alpha value is -2.14. The minimum absolute atomic E-state index is 0.155. The molecule has 0 fully saturated rings. The Morgan fingerprint density at radius 2 is 1.92 bits per heavy atom. The van der Waals surface area contributed by atoms with Crippen molar-refractivity contribution in [1.82, 2.24) is 0 Å². The second-order valence-electron chi connectivity index (χ2n) is 6.29. The van der Waals surface area contributed by atoms with E-state index in [1.165, 1.54) is 5.56 Å². The lowest BCUT2D eigenvalue weighted by atomic mass is 10.2. The van der Waals surface area contributed by atoms with Crippen molar-refractivity contribution in [3.63, 3.8) is 0 Å². The number of benzene rings is 2. The summed E-state index contributed by atoms with van der Waals surface area (Å²) < 4.78 is 11.4. The first kappa shape index (κ1) is 16.3. The van der Waals surface area contributed by atoms with E-state index in [1.807, 2.05) is 48.2 Å². The highest BCUT2D eigenvalue weighted by Crippen LogP contribution is 2.36. The summed E-state index contributed by atoms with van der Waals surface area (Å²) in [7, 11) is 0. The van der Waals surface area contributed by atoms with Gasteiger partial charge in [0.1, 0.15) is 0 Å². The van der Waals surface area contributed by atoms with Gasteiger partial charge in [0.05, 0.1) is 18.5 Å². The third-order valence-corrected chi connectivity index (χ3v) is 5.61. The molecule has 0 aromatic heterocycles. The molecule has 2 aromatic carbocycles. The highest BCUT2D eigenvalue weighted by atomic mass is 32.2. The maximum absolute atomic E-state index is 12.9. The van der Waals surface area contributed by atoms with Crippen LogP contribution in [-0.2, 0) is 11.2 Å². The van der Waals surface area contributed by atoms with Crippen LogP contribution in [0, 0.1) is 0 Å². The van der Waals surface area contributed by atoms with Crippen LogP contribution in [0.25, 0.3) is 0 Å². The maximum Gasteiger partial charge on any atom is 0.240 e. The van der Waals surface area contributed by atoms with Crippen LogP contribution in [0.15, 0.2) is 47.4 Å². The summed E-state index contributed by atoms with van der Waals surface area (Å²) in [6, 6.07) is 14.1. The lowest BCUT2D eigenvalue weighted by molar-refractivity contribution is -0.117. The van der Waals surface area contributed by atoms with Crippen molar-refractivity contribution in [3.05, 3.63) is 48.0 Å². The van der Waals surface area contributed by atoms with Crippen LogP contribution in [0.2, 0.25) is 0 Å². The van der Waals surface area contributed by atoms with Crippen molar-refractivity contribution in [3.8, 4) is 11.5 Å². The summed E-state index contributed by atoms with van der Waals surface area (Å²) in [6.07, 6.45) is 1.82. The molecule has 4 nitrogen and oxygen atoms in total. The lowest BCUT2D eigenvalue weighted by Crippen LogP contribution is -2.35. The van der Waals surface area contributed by atoms with Crippen molar-refractivity contribution in [2.45, 2.75) is 29.9 Å². The van der Waals surface area contributed by atoms with E-state index >= 15 is 0 Å². The van der Waals surface area contributed by atoms with Crippen LogP contribution in [0.1, 0.15) is 18.9 Å². The van der Waals surface area contributed by atoms with Crippen molar-refractivity contribution in [1.29, 1.82) is 0 Å². The third-order valence-electron chi connectivity index (χ3n) is 4.53.